The molecule has 4 atom stereocenters. The quantitative estimate of drug-likeness (QED) is 0.252. The van der Waals surface area contributed by atoms with E-state index in [0.717, 1.165) is 37.8 Å². The van der Waals surface area contributed by atoms with Gasteiger partial charge in [0.2, 0.25) is 12.6 Å². The van der Waals surface area contributed by atoms with Gasteiger partial charge in [-0.1, -0.05) is 12.1 Å². The average Bonchev–Trinajstić information content (AvgIpc) is 3.55. The number of benzene rings is 1. The van der Waals surface area contributed by atoms with Gasteiger partial charge in [-0.3, -0.25) is 0 Å². The Bertz CT molecular complexity index is 844. The molecule has 10 nitrogen and oxygen atoms in total. The SMILES string of the molecule is O=C=CC(OCC1CCCO1)OC(=O)c1ccccc1C(=O)OC(C=C=O)OCC1CCCO1. The lowest BCUT2D eigenvalue weighted by molar-refractivity contribution is -0.105. The third-order valence-electron chi connectivity index (χ3n) is 5.16. The monoisotopic (exact) mass is 474 g/mol. The van der Waals surface area contributed by atoms with Crippen molar-refractivity contribution in [1.29, 1.82) is 0 Å². The zero-order valence-corrected chi connectivity index (χ0v) is 18.5. The van der Waals surface area contributed by atoms with Crippen molar-refractivity contribution in [3.63, 3.8) is 0 Å². The fourth-order valence-electron chi connectivity index (χ4n) is 3.48. The number of rotatable bonds is 12. The third-order valence-corrected chi connectivity index (χ3v) is 5.16. The van der Waals surface area contributed by atoms with Crippen LogP contribution in [-0.2, 0) is 38.0 Å². The molecule has 0 amide bonds. The van der Waals surface area contributed by atoms with Crippen LogP contribution < -0.4 is 0 Å². The fourth-order valence-corrected chi connectivity index (χ4v) is 3.48. The third kappa shape index (κ3) is 7.74. The molecule has 0 spiro atoms. The summed E-state index contributed by atoms with van der Waals surface area (Å²) in [6, 6.07) is 5.78. The Hall–Kier alpha value is -3.10. The maximum absolute atomic E-state index is 12.8. The normalized spacial score (nSPS) is 21.1. The summed E-state index contributed by atoms with van der Waals surface area (Å²) in [5, 5.41) is 0. The van der Waals surface area contributed by atoms with E-state index in [1.807, 2.05) is 0 Å². The molecular weight excluding hydrogens is 448 g/mol. The van der Waals surface area contributed by atoms with Gasteiger partial charge in [-0.2, -0.15) is 0 Å². The Balaban J connectivity index is 1.63. The summed E-state index contributed by atoms with van der Waals surface area (Å²) >= 11 is 0. The summed E-state index contributed by atoms with van der Waals surface area (Å²) in [6.07, 6.45) is 2.30. The lowest BCUT2D eigenvalue weighted by atomic mass is 10.1. The van der Waals surface area contributed by atoms with Crippen LogP contribution in [0.25, 0.3) is 0 Å². The molecule has 2 heterocycles. The van der Waals surface area contributed by atoms with E-state index in [9.17, 15) is 19.2 Å². The predicted octanol–water partition coefficient (Wildman–Crippen LogP) is 1.82. The number of ether oxygens (including phenoxy) is 6. The summed E-state index contributed by atoms with van der Waals surface area (Å²) in [7, 11) is 0. The Morgan fingerprint density at radius 3 is 1.65 bits per heavy atom. The van der Waals surface area contributed by atoms with Crippen molar-refractivity contribution in [3.05, 3.63) is 47.5 Å². The highest BCUT2D eigenvalue weighted by Crippen LogP contribution is 2.18. The first kappa shape index (κ1) is 25.5. The number of hydrogen-bond donors (Lipinski definition) is 0. The molecule has 182 valence electrons. The predicted molar refractivity (Wildman–Crippen MR) is 115 cm³/mol. The molecule has 2 aliphatic heterocycles. The summed E-state index contributed by atoms with van der Waals surface area (Å²) in [5.74, 6) is 1.24. The lowest BCUT2D eigenvalue weighted by Crippen LogP contribution is -2.27. The number of esters is 2. The van der Waals surface area contributed by atoms with E-state index >= 15 is 0 Å². The summed E-state index contributed by atoms with van der Waals surface area (Å²) in [6.45, 7) is 1.49. The van der Waals surface area contributed by atoms with Gasteiger partial charge in [-0.25, -0.2) is 19.2 Å². The molecule has 4 unspecified atom stereocenters. The van der Waals surface area contributed by atoms with E-state index in [1.165, 1.54) is 36.1 Å². The highest BCUT2D eigenvalue weighted by atomic mass is 16.7. The molecule has 10 heteroatoms. The molecule has 0 bridgehead atoms. The van der Waals surface area contributed by atoms with Crippen LogP contribution >= 0.6 is 0 Å². The van der Waals surface area contributed by atoms with Crippen molar-refractivity contribution >= 4 is 23.8 Å². The van der Waals surface area contributed by atoms with Crippen molar-refractivity contribution in [2.45, 2.75) is 50.5 Å². The molecule has 2 fully saturated rings. The first-order chi connectivity index (χ1) is 16.6. The second-order valence-electron chi connectivity index (χ2n) is 7.60. The van der Waals surface area contributed by atoms with Gasteiger partial charge in [0.1, 0.15) is 11.9 Å². The van der Waals surface area contributed by atoms with E-state index in [0.29, 0.717) is 13.2 Å². The van der Waals surface area contributed by atoms with Crippen LogP contribution in [0, 0.1) is 0 Å². The average molecular weight is 474 g/mol. The molecule has 1 aromatic carbocycles. The molecule has 2 saturated heterocycles. The van der Waals surface area contributed by atoms with Crippen LogP contribution in [0.4, 0.5) is 0 Å². The smallest absolute Gasteiger partial charge is 0.341 e. The van der Waals surface area contributed by atoms with Gasteiger partial charge >= 0.3 is 11.9 Å². The number of carbonyl (C=O) groups is 2. The molecule has 0 aliphatic carbocycles. The molecule has 34 heavy (non-hydrogen) atoms. The maximum Gasteiger partial charge on any atom is 0.341 e. The largest absolute Gasteiger partial charge is 0.427 e. The van der Waals surface area contributed by atoms with E-state index in [1.54, 1.807) is 0 Å². The zero-order chi connectivity index (χ0) is 24.2. The van der Waals surface area contributed by atoms with Crippen LogP contribution in [0.3, 0.4) is 0 Å². The standard InChI is InChI=1S/C24H26O10/c25-11-9-21(31-15-17-5-3-13-29-17)33-23(27)19-7-1-2-8-20(19)24(28)34-22(10-12-26)32-16-18-6-4-14-30-18/h1-2,7-10,17-18,21-22H,3-6,13-16H2. The maximum atomic E-state index is 12.8. The van der Waals surface area contributed by atoms with Crippen LogP contribution in [-0.4, -0.2) is 75.0 Å². The Morgan fingerprint density at radius 1 is 0.853 bits per heavy atom. The molecule has 0 radical (unpaired) electrons. The molecule has 2 aliphatic rings. The number of hydrogen-bond acceptors (Lipinski definition) is 10. The van der Waals surface area contributed by atoms with Crippen molar-refractivity contribution in [2.24, 2.45) is 0 Å². The molecule has 0 N–H and O–H groups in total. The van der Waals surface area contributed by atoms with Gasteiger partial charge in [-0.15, -0.1) is 0 Å². The lowest BCUT2D eigenvalue weighted by Gasteiger charge is -2.19. The second kappa shape index (κ2) is 13.6. The molecule has 0 aromatic heterocycles. The highest BCUT2D eigenvalue weighted by molar-refractivity contribution is 6.03. The Morgan fingerprint density at radius 2 is 1.29 bits per heavy atom. The van der Waals surface area contributed by atoms with Gasteiger partial charge < -0.3 is 28.4 Å². The van der Waals surface area contributed by atoms with E-state index < -0.39 is 24.5 Å². The number of carbonyl (C=O) groups excluding carboxylic acids is 4. The van der Waals surface area contributed by atoms with Gasteiger partial charge in [0.15, 0.2) is 0 Å². The topological polar surface area (TPSA) is 124 Å². The summed E-state index contributed by atoms with van der Waals surface area (Å²) in [5.41, 5.74) is -0.240. The minimum absolute atomic E-state index is 0.120. The van der Waals surface area contributed by atoms with E-state index in [2.05, 4.69) is 0 Å². The molecule has 1 aromatic rings. The molecule has 3 rings (SSSR count). The fraction of sp³-hybridized carbons (Fsp3) is 0.500. The van der Waals surface area contributed by atoms with E-state index in [4.69, 9.17) is 28.4 Å². The summed E-state index contributed by atoms with van der Waals surface area (Å²) in [4.78, 5) is 47.2. The van der Waals surface area contributed by atoms with Crippen LogP contribution in [0.5, 0.6) is 0 Å². The Kier molecular flexibility index (Phi) is 10.2. The second-order valence-corrected chi connectivity index (χ2v) is 7.60. The van der Waals surface area contributed by atoms with Crippen LogP contribution in [0.1, 0.15) is 46.4 Å². The Labute approximate surface area is 196 Å². The van der Waals surface area contributed by atoms with E-state index in [-0.39, 0.29) is 36.5 Å². The van der Waals surface area contributed by atoms with Crippen molar-refractivity contribution in [2.75, 3.05) is 26.4 Å². The minimum atomic E-state index is -1.31. The zero-order valence-electron chi connectivity index (χ0n) is 18.5. The molecule has 0 saturated carbocycles. The van der Waals surface area contributed by atoms with Gasteiger partial charge in [0.05, 0.1) is 48.7 Å². The minimum Gasteiger partial charge on any atom is -0.427 e. The summed E-state index contributed by atoms with van der Waals surface area (Å²) < 4.78 is 32.3. The van der Waals surface area contributed by atoms with Crippen molar-refractivity contribution < 1.29 is 47.6 Å². The van der Waals surface area contributed by atoms with Crippen molar-refractivity contribution in [1.82, 2.24) is 0 Å². The van der Waals surface area contributed by atoms with Gasteiger partial charge in [-0.05, 0) is 37.8 Å². The van der Waals surface area contributed by atoms with Gasteiger partial charge in [0.25, 0.3) is 0 Å². The van der Waals surface area contributed by atoms with Crippen LogP contribution in [0.2, 0.25) is 0 Å². The van der Waals surface area contributed by atoms with Crippen LogP contribution in [0.15, 0.2) is 36.4 Å². The molecular formula is C24H26O10. The highest BCUT2D eigenvalue weighted by Gasteiger charge is 2.26. The van der Waals surface area contributed by atoms with Crippen molar-refractivity contribution in [3.8, 4) is 0 Å². The first-order valence-electron chi connectivity index (χ1n) is 11.0. The first-order valence-corrected chi connectivity index (χ1v) is 11.0. The van der Waals surface area contributed by atoms with Gasteiger partial charge in [0, 0.05) is 13.2 Å².